The van der Waals surface area contributed by atoms with Gasteiger partial charge in [0, 0.05) is 0 Å². The van der Waals surface area contributed by atoms with Crippen molar-refractivity contribution < 1.29 is 4.74 Å². The van der Waals surface area contributed by atoms with Crippen molar-refractivity contribution in [3.63, 3.8) is 0 Å². The zero-order valence-corrected chi connectivity index (χ0v) is 9.51. The molecule has 0 aliphatic rings. The van der Waals surface area contributed by atoms with Crippen LogP contribution in [0, 0.1) is 6.61 Å². The molecule has 0 N–H and O–H groups in total. The maximum Gasteiger partial charge on any atom is 0.0809 e. The Bertz CT molecular complexity index is 91.1. The van der Waals surface area contributed by atoms with Gasteiger partial charge in [0.25, 0.3) is 0 Å². The number of hydrogen-bond donors (Lipinski definition) is 0. The third kappa shape index (κ3) is 8.29. The smallest absolute Gasteiger partial charge is 0.0809 e. The molecule has 1 atom stereocenters. The van der Waals surface area contributed by atoms with Gasteiger partial charge < -0.3 is 4.74 Å². The topological polar surface area (TPSA) is 9.23 Å². The summed E-state index contributed by atoms with van der Waals surface area (Å²) in [5, 5.41) is 0. The quantitative estimate of drug-likeness (QED) is 0.486. The first-order valence-electron chi connectivity index (χ1n) is 5.78. The Morgan fingerprint density at radius 1 is 1.08 bits per heavy atom. The zero-order chi connectivity index (χ0) is 9.94. The van der Waals surface area contributed by atoms with Crippen molar-refractivity contribution in [3.05, 3.63) is 6.61 Å². The summed E-state index contributed by atoms with van der Waals surface area (Å²) in [6, 6.07) is 0. The predicted molar refractivity (Wildman–Crippen MR) is 58.5 cm³/mol. The van der Waals surface area contributed by atoms with E-state index in [2.05, 4.69) is 13.8 Å². The molecule has 0 aromatic rings. The van der Waals surface area contributed by atoms with E-state index in [1.54, 1.807) is 0 Å². The molecule has 1 radical (unpaired) electrons. The molecular weight excluding hydrogens is 160 g/mol. The van der Waals surface area contributed by atoms with Gasteiger partial charge in [-0.2, -0.15) is 0 Å². The minimum atomic E-state index is 0.464. The lowest BCUT2D eigenvalue weighted by Crippen LogP contribution is -2.08. The second-order valence-corrected chi connectivity index (χ2v) is 3.60. The summed E-state index contributed by atoms with van der Waals surface area (Å²) in [5.74, 6) is 0. The van der Waals surface area contributed by atoms with Crippen molar-refractivity contribution >= 4 is 0 Å². The van der Waals surface area contributed by atoms with Gasteiger partial charge in [-0.1, -0.05) is 46.0 Å². The molecule has 0 aliphatic heterocycles. The summed E-state index contributed by atoms with van der Waals surface area (Å²) < 4.78 is 5.47. The van der Waals surface area contributed by atoms with E-state index in [0.717, 1.165) is 6.42 Å². The molecule has 0 spiro atoms. The highest BCUT2D eigenvalue weighted by molar-refractivity contribution is 4.57. The lowest BCUT2D eigenvalue weighted by molar-refractivity contribution is 0.0956. The Labute approximate surface area is 83.9 Å². The fourth-order valence-electron chi connectivity index (χ4n) is 1.54. The van der Waals surface area contributed by atoms with E-state index < -0.39 is 0 Å². The summed E-state index contributed by atoms with van der Waals surface area (Å²) in [7, 11) is 0. The second kappa shape index (κ2) is 10.0. The summed E-state index contributed by atoms with van der Waals surface area (Å²) in [6.45, 7) is 8.23. The highest BCUT2D eigenvalue weighted by atomic mass is 16.5. The summed E-state index contributed by atoms with van der Waals surface area (Å²) in [5.41, 5.74) is 0. The van der Waals surface area contributed by atoms with E-state index in [9.17, 15) is 0 Å². The van der Waals surface area contributed by atoms with E-state index in [-0.39, 0.29) is 0 Å². The van der Waals surface area contributed by atoms with Crippen LogP contribution >= 0.6 is 0 Å². The Balaban J connectivity index is 3.17. The highest BCUT2D eigenvalue weighted by Gasteiger charge is 2.04. The van der Waals surface area contributed by atoms with E-state index in [1.807, 2.05) is 13.5 Å². The van der Waals surface area contributed by atoms with Gasteiger partial charge in [0.05, 0.1) is 12.7 Å². The zero-order valence-electron chi connectivity index (χ0n) is 9.51. The van der Waals surface area contributed by atoms with Gasteiger partial charge in [0.15, 0.2) is 0 Å². The van der Waals surface area contributed by atoms with E-state index in [0.29, 0.717) is 6.10 Å². The van der Waals surface area contributed by atoms with E-state index in [4.69, 9.17) is 4.74 Å². The fraction of sp³-hybridized carbons (Fsp3) is 0.917. The number of unbranched alkanes of at least 4 members (excludes halogenated alkanes) is 4. The first kappa shape index (κ1) is 13.0. The van der Waals surface area contributed by atoms with Crippen LogP contribution in [0.3, 0.4) is 0 Å². The lowest BCUT2D eigenvalue weighted by atomic mass is 10.1. The second-order valence-electron chi connectivity index (χ2n) is 3.60. The normalized spacial score (nSPS) is 13.2. The molecule has 0 aromatic heterocycles. The SMILES string of the molecule is C[CH]OC(CC)CCCCCCC. The van der Waals surface area contributed by atoms with Gasteiger partial charge in [0.2, 0.25) is 0 Å². The van der Waals surface area contributed by atoms with Crippen LogP contribution in [0.4, 0.5) is 0 Å². The van der Waals surface area contributed by atoms with Crippen LogP contribution in [0.5, 0.6) is 0 Å². The molecule has 0 heterocycles. The molecule has 0 aromatic carbocycles. The lowest BCUT2D eigenvalue weighted by Gasteiger charge is -2.13. The van der Waals surface area contributed by atoms with Crippen LogP contribution in [0.25, 0.3) is 0 Å². The molecule has 1 heteroatoms. The third-order valence-corrected chi connectivity index (χ3v) is 2.41. The first-order chi connectivity index (χ1) is 6.35. The Morgan fingerprint density at radius 2 is 1.77 bits per heavy atom. The molecule has 0 amide bonds. The van der Waals surface area contributed by atoms with Crippen LogP contribution in [0.1, 0.15) is 65.7 Å². The van der Waals surface area contributed by atoms with Crippen molar-refractivity contribution in [2.24, 2.45) is 0 Å². The number of rotatable bonds is 9. The van der Waals surface area contributed by atoms with Crippen molar-refractivity contribution in [2.45, 2.75) is 71.8 Å². The number of ether oxygens (including phenoxy) is 1. The monoisotopic (exact) mass is 185 g/mol. The van der Waals surface area contributed by atoms with Crippen molar-refractivity contribution in [3.8, 4) is 0 Å². The van der Waals surface area contributed by atoms with Gasteiger partial charge in [-0.25, -0.2) is 0 Å². The van der Waals surface area contributed by atoms with Crippen molar-refractivity contribution in [2.75, 3.05) is 0 Å². The highest BCUT2D eigenvalue weighted by Crippen LogP contribution is 2.12. The molecular formula is C12H25O. The molecule has 0 saturated heterocycles. The molecule has 1 nitrogen and oxygen atoms in total. The maximum absolute atomic E-state index is 5.47. The molecule has 0 aliphatic carbocycles. The number of hydrogen-bond acceptors (Lipinski definition) is 1. The predicted octanol–water partition coefficient (Wildman–Crippen LogP) is 4.32. The van der Waals surface area contributed by atoms with Gasteiger partial charge in [-0.15, -0.1) is 0 Å². The molecule has 0 bridgehead atoms. The average molecular weight is 185 g/mol. The van der Waals surface area contributed by atoms with Crippen LogP contribution in [-0.4, -0.2) is 6.10 Å². The molecule has 0 fully saturated rings. The van der Waals surface area contributed by atoms with E-state index >= 15 is 0 Å². The van der Waals surface area contributed by atoms with Crippen molar-refractivity contribution in [1.82, 2.24) is 0 Å². The van der Waals surface area contributed by atoms with Crippen molar-refractivity contribution in [1.29, 1.82) is 0 Å². The van der Waals surface area contributed by atoms with Gasteiger partial charge in [-0.3, -0.25) is 0 Å². The minimum absolute atomic E-state index is 0.464. The van der Waals surface area contributed by atoms with Gasteiger partial charge >= 0.3 is 0 Å². The first-order valence-corrected chi connectivity index (χ1v) is 5.78. The third-order valence-electron chi connectivity index (χ3n) is 2.41. The largest absolute Gasteiger partial charge is 0.373 e. The van der Waals surface area contributed by atoms with Gasteiger partial charge in [0.1, 0.15) is 0 Å². The molecule has 13 heavy (non-hydrogen) atoms. The standard InChI is InChI=1S/C12H25O/c1-4-7-8-9-10-11-12(5-2)13-6-3/h6,12H,4-5,7-11H2,1-3H3. The molecule has 1 unspecified atom stereocenters. The molecule has 0 rings (SSSR count). The fourth-order valence-corrected chi connectivity index (χ4v) is 1.54. The van der Waals surface area contributed by atoms with Gasteiger partial charge in [-0.05, 0) is 19.8 Å². The maximum atomic E-state index is 5.47. The Morgan fingerprint density at radius 3 is 2.31 bits per heavy atom. The summed E-state index contributed by atoms with van der Waals surface area (Å²) in [6.07, 6.45) is 9.63. The summed E-state index contributed by atoms with van der Waals surface area (Å²) in [4.78, 5) is 0. The van der Waals surface area contributed by atoms with Crippen LogP contribution in [0.15, 0.2) is 0 Å². The van der Waals surface area contributed by atoms with Crippen LogP contribution in [-0.2, 0) is 4.74 Å². The Hall–Kier alpha value is -0.0400. The van der Waals surface area contributed by atoms with Crippen LogP contribution in [0.2, 0.25) is 0 Å². The molecule has 79 valence electrons. The van der Waals surface area contributed by atoms with E-state index in [1.165, 1.54) is 38.5 Å². The molecule has 0 saturated carbocycles. The average Bonchev–Trinajstić information content (AvgIpc) is 2.16. The Kier molecular flexibility index (Phi) is 10.0. The summed E-state index contributed by atoms with van der Waals surface area (Å²) >= 11 is 0. The minimum Gasteiger partial charge on any atom is -0.373 e. The van der Waals surface area contributed by atoms with Crippen LogP contribution < -0.4 is 0 Å².